The summed E-state index contributed by atoms with van der Waals surface area (Å²) in [5, 5.41) is 0.864. The van der Waals surface area contributed by atoms with Crippen LogP contribution in [0.25, 0.3) is 0 Å². The van der Waals surface area contributed by atoms with Crippen LogP contribution in [0.15, 0.2) is 6.07 Å². The summed E-state index contributed by atoms with van der Waals surface area (Å²) in [6.07, 6.45) is 0. The van der Waals surface area contributed by atoms with Crippen LogP contribution in [0.4, 0.5) is 11.6 Å². The molecular weight excluding hydrogens is 261 g/mol. The third-order valence-electron chi connectivity index (χ3n) is 2.37. The molecule has 0 aliphatic rings. The smallest absolute Gasteiger partial charge is 0.150 e. The van der Waals surface area contributed by atoms with Crippen molar-refractivity contribution >= 4 is 34.8 Å². The minimum atomic E-state index is 0.246. The highest BCUT2D eigenvalue weighted by Gasteiger charge is 2.17. The molecule has 0 saturated heterocycles. The van der Waals surface area contributed by atoms with Gasteiger partial charge in [0, 0.05) is 19.7 Å². The largest absolute Gasteiger partial charge is 0.383 e. The van der Waals surface area contributed by atoms with Crippen LogP contribution in [-0.2, 0) is 4.74 Å². The summed E-state index contributed by atoms with van der Waals surface area (Å²) < 4.78 is 5.07. The highest BCUT2D eigenvalue weighted by Crippen LogP contribution is 2.30. The Balaban J connectivity index is 3.05. The summed E-state index contributed by atoms with van der Waals surface area (Å²) >= 11 is 12.0. The molecule has 0 aromatic carbocycles. The van der Waals surface area contributed by atoms with Gasteiger partial charge in [0.05, 0.1) is 16.7 Å². The zero-order chi connectivity index (χ0) is 13.0. The monoisotopic (exact) mass is 277 g/mol. The van der Waals surface area contributed by atoms with Gasteiger partial charge >= 0.3 is 0 Å². The summed E-state index contributed by atoms with van der Waals surface area (Å²) in [6, 6.07) is 1.86. The van der Waals surface area contributed by atoms with Gasteiger partial charge in [-0.25, -0.2) is 4.98 Å². The number of nitrogens with two attached hydrogens (primary N) is 1. The molecule has 0 aliphatic heterocycles. The minimum Gasteiger partial charge on any atom is -0.383 e. The molecule has 0 amide bonds. The van der Waals surface area contributed by atoms with E-state index in [4.69, 9.17) is 33.7 Å². The molecule has 1 aromatic rings. The van der Waals surface area contributed by atoms with Crippen LogP contribution < -0.4 is 10.6 Å². The quantitative estimate of drug-likeness (QED) is 0.899. The lowest BCUT2D eigenvalue weighted by Gasteiger charge is -2.28. The SMILES string of the molecule is COCCN(c1nc(N)c(Cl)cc1Cl)C(C)C. The zero-order valence-corrected chi connectivity index (χ0v) is 11.7. The first kappa shape index (κ1) is 14.4. The van der Waals surface area contributed by atoms with Gasteiger partial charge in [-0.05, 0) is 19.9 Å². The maximum Gasteiger partial charge on any atom is 0.150 e. The first-order chi connectivity index (χ1) is 7.97. The van der Waals surface area contributed by atoms with Crippen LogP contribution in [0.1, 0.15) is 13.8 Å². The topological polar surface area (TPSA) is 51.4 Å². The van der Waals surface area contributed by atoms with Crippen LogP contribution in [0.3, 0.4) is 0 Å². The van der Waals surface area contributed by atoms with E-state index in [0.717, 1.165) is 0 Å². The van der Waals surface area contributed by atoms with Crippen molar-refractivity contribution in [3.8, 4) is 0 Å². The fourth-order valence-corrected chi connectivity index (χ4v) is 1.94. The standard InChI is InChI=1S/C11H17Cl2N3O/c1-7(2)16(4-5-17-3)11-9(13)6-8(12)10(14)15-11/h6-7H,4-5H2,1-3H3,(H2,14,15). The van der Waals surface area contributed by atoms with Crippen molar-refractivity contribution in [2.24, 2.45) is 0 Å². The van der Waals surface area contributed by atoms with Crippen molar-refractivity contribution in [3.63, 3.8) is 0 Å². The molecule has 1 aromatic heterocycles. The van der Waals surface area contributed by atoms with E-state index in [2.05, 4.69) is 18.8 Å². The number of halogens is 2. The molecule has 0 saturated carbocycles. The van der Waals surface area contributed by atoms with E-state index in [1.165, 1.54) is 0 Å². The number of ether oxygens (including phenoxy) is 1. The summed E-state index contributed by atoms with van der Waals surface area (Å²) in [7, 11) is 1.66. The number of nitrogens with zero attached hydrogens (tertiary/aromatic N) is 2. The van der Waals surface area contributed by atoms with Gasteiger partial charge < -0.3 is 15.4 Å². The molecule has 4 nitrogen and oxygen atoms in total. The van der Waals surface area contributed by atoms with E-state index in [9.17, 15) is 0 Å². The minimum absolute atomic E-state index is 0.246. The van der Waals surface area contributed by atoms with Crippen molar-refractivity contribution in [2.75, 3.05) is 30.9 Å². The predicted molar refractivity (Wildman–Crippen MR) is 73.0 cm³/mol. The van der Waals surface area contributed by atoms with Crippen LogP contribution in [0, 0.1) is 0 Å². The number of hydrogen-bond donors (Lipinski definition) is 1. The number of pyridine rings is 1. The van der Waals surface area contributed by atoms with Crippen LogP contribution in [0.2, 0.25) is 10.0 Å². The molecule has 0 aliphatic carbocycles. The van der Waals surface area contributed by atoms with Crippen LogP contribution in [-0.4, -0.2) is 31.3 Å². The fraction of sp³-hybridized carbons (Fsp3) is 0.545. The molecule has 0 fully saturated rings. The highest BCUT2D eigenvalue weighted by atomic mass is 35.5. The Morgan fingerprint density at radius 2 is 2.06 bits per heavy atom. The predicted octanol–water partition coefficient (Wildman–Crippen LogP) is 2.83. The normalized spacial score (nSPS) is 10.9. The average molecular weight is 278 g/mol. The molecule has 0 bridgehead atoms. The van der Waals surface area contributed by atoms with Gasteiger partial charge in [-0.1, -0.05) is 23.2 Å². The third-order valence-corrected chi connectivity index (χ3v) is 2.95. The molecule has 6 heteroatoms. The lowest BCUT2D eigenvalue weighted by molar-refractivity contribution is 0.203. The number of methoxy groups -OCH3 is 1. The van der Waals surface area contributed by atoms with Crippen molar-refractivity contribution in [2.45, 2.75) is 19.9 Å². The van der Waals surface area contributed by atoms with Gasteiger partial charge in [-0.15, -0.1) is 0 Å². The highest BCUT2D eigenvalue weighted by molar-refractivity contribution is 6.37. The molecule has 2 N–H and O–H groups in total. The van der Waals surface area contributed by atoms with Crippen LogP contribution in [0.5, 0.6) is 0 Å². The number of nitrogen functional groups attached to an aromatic ring is 1. The van der Waals surface area contributed by atoms with E-state index in [0.29, 0.717) is 29.0 Å². The van der Waals surface area contributed by atoms with E-state index < -0.39 is 0 Å². The van der Waals surface area contributed by atoms with Crippen molar-refractivity contribution < 1.29 is 4.74 Å². The van der Waals surface area contributed by atoms with E-state index in [1.54, 1.807) is 13.2 Å². The Morgan fingerprint density at radius 1 is 1.41 bits per heavy atom. The number of aromatic nitrogens is 1. The molecule has 0 radical (unpaired) electrons. The average Bonchev–Trinajstić information content (AvgIpc) is 2.25. The second-order valence-electron chi connectivity index (χ2n) is 3.94. The first-order valence-corrected chi connectivity index (χ1v) is 6.10. The molecule has 1 heterocycles. The summed E-state index contributed by atoms with van der Waals surface area (Å²) in [4.78, 5) is 6.26. The molecular formula is C11H17Cl2N3O. The van der Waals surface area contributed by atoms with Crippen molar-refractivity contribution in [3.05, 3.63) is 16.1 Å². The summed E-state index contributed by atoms with van der Waals surface area (Å²) in [5.41, 5.74) is 5.70. The lowest BCUT2D eigenvalue weighted by Crippen LogP contribution is -2.34. The van der Waals surface area contributed by atoms with Gasteiger partial charge in [0.25, 0.3) is 0 Å². The summed E-state index contributed by atoms with van der Waals surface area (Å²) in [5.74, 6) is 0.926. The molecule has 0 unspecified atom stereocenters. The Morgan fingerprint density at radius 3 is 2.59 bits per heavy atom. The van der Waals surface area contributed by atoms with Gasteiger partial charge in [-0.2, -0.15) is 0 Å². The summed E-state index contributed by atoms with van der Waals surface area (Å²) in [6.45, 7) is 5.40. The molecule has 17 heavy (non-hydrogen) atoms. The maximum atomic E-state index is 6.13. The second kappa shape index (κ2) is 6.28. The van der Waals surface area contributed by atoms with Crippen molar-refractivity contribution in [1.29, 1.82) is 0 Å². The van der Waals surface area contributed by atoms with E-state index in [-0.39, 0.29) is 11.9 Å². The first-order valence-electron chi connectivity index (χ1n) is 5.34. The fourth-order valence-electron chi connectivity index (χ4n) is 1.47. The Bertz CT molecular complexity index is 385. The van der Waals surface area contributed by atoms with Crippen LogP contribution >= 0.6 is 23.2 Å². The van der Waals surface area contributed by atoms with Gasteiger partial charge in [0.1, 0.15) is 11.6 Å². The van der Waals surface area contributed by atoms with Crippen molar-refractivity contribution in [1.82, 2.24) is 4.98 Å². The number of hydrogen-bond acceptors (Lipinski definition) is 4. The lowest BCUT2D eigenvalue weighted by atomic mass is 10.3. The Kier molecular flexibility index (Phi) is 5.31. The number of anilines is 2. The van der Waals surface area contributed by atoms with Gasteiger partial charge in [-0.3, -0.25) is 0 Å². The third kappa shape index (κ3) is 3.63. The van der Waals surface area contributed by atoms with Gasteiger partial charge in [0.15, 0.2) is 0 Å². The molecule has 96 valence electrons. The van der Waals surface area contributed by atoms with E-state index >= 15 is 0 Å². The van der Waals surface area contributed by atoms with Gasteiger partial charge in [0.2, 0.25) is 0 Å². The molecule has 1 rings (SSSR count). The Labute approximate surface area is 112 Å². The zero-order valence-electron chi connectivity index (χ0n) is 10.2. The Hall–Kier alpha value is -0.710. The van der Waals surface area contributed by atoms with E-state index in [1.807, 2.05) is 4.90 Å². The second-order valence-corrected chi connectivity index (χ2v) is 4.76. The molecule has 0 spiro atoms. The number of rotatable bonds is 5. The maximum absolute atomic E-state index is 6.13. The molecule has 0 atom stereocenters.